The molecule has 2 heterocycles. The van der Waals surface area contributed by atoms with Gasteiger partial charge in [0, 0.05) is 24.5 Å². The Kier molecular flexibility index (Phi) is 2.95. The molecule has 0 aromatic carbocycles. The Hall–Kier alpha value is -2.11. The van der Waals surface area contributed by atoms with Gasteiger partial charge in [0.15, 0.2) is 0 Å². The molecule has 2 rings (SSSR count). The van der Waals surface area contributed by atoms with Crippen LogP contribution in [-0.2, 0) is 7.05 Å². The van der Waals surface area contributed by atoms with Crippen molar-refractivity contribution in [2.75, 3.05) is 0 Å². The van der Waals surface area contributed by atoms with E-state index in [4.69, 9.17) is 0 Å². The summed E-state index contributed by atoms with van der Waals surface area (Å²) in [6, 6.07) is -0.0825. The van der Waals surface area contributed by atoms with Gasteiger partial charge >= 0.3 is 0 Å². The normalized spacial score (nSPS) is 12.4. The molecule has 0 saturated carbocycles. The van der Waals surface area contributed by atoms with Crippen LogP contribution in [0.5, 0.6) is 0 Å². The summed E-state index contributed by atoms with van der Waals surface area (Å²) < 4.78 is 1.68. The molecule has 0 aliphatic heterocycles. The molecule has 0 spiro atoms. The van der Waals surface area contributed by atoms with Crippen LogP contribution in [-0.4, -0.2) is 25.9 Å². The van der Waals surface area contributed by atoms with Crippen molar-refractivity contribution in [2.24, 2.45) is 7.05 Å². The van der Waals surface area contributed by atoms with Crippen molar-refractivity contribution < 1.29 is 4.79 Å². The quantitative estimate of drug-likeness (QED) is 0.828. The van der Waals surface area contributed by atoms with Crippen LogP contribution < -0.4 is 5.32 Å². The summed E-state index contributed by atoms with van der Waals surface area (Å²) >= 11 is 0. The maximum atomic E-state index is 12.0. The molecule has 0 aliphatic rings. The third-order valence-corrected chi connectivity index (χ3v) is 2.85. The van der Waals surface area contributed by atoms with E-state index in [0.29, 0.717) is 5.56 Å². The van der Waals surface area contributed by atoms with E-state index in [2.05, 4.69) is 20.6 Å². The van der Waals surface area contributed by atoms with Crippen molar-refractivity contribution in [3.63, 3.8) is 0 Å². The lowest BCUT2D eigenvalue weighted by molar-refractivity contribution is 0.0939. The van der Waals surface area contributed by atoms with Crippen molar-refractivity contribution >= 4 is 5.91 Å². The van der Waals surface area contributed by atoms with Crippen LogP contribution in [0, 0.1) is 6.92 Å². The van der Waals surface area contributed by atoms with Crippen molar-refractivity contribution in [1.82, 2.24) is 25.3 Å². The molecule has 2 aromatic rings. The molecular weight excluding hydrogens is 218 g/mol. The van der Waals surface area contributed by atoms with Crippen LogP contribution in [0.2, 0.25) is 0 Å². The topological polar surface area (TPSA) is 75.6 Å². The molecule has 1 amide bonds. The Morgan fingerprint density at radius 1 is 1.53 bits per heavy atom. The minimum Gasteiger partial charge on any atom is -0.345 e. The molecule has 2 N–H and O–H groups in total. The highest BCUT2D eigenvalue weighted by Crippen LogP contribution is 2.12. The average Bonchev–Trinajstić information content (AvgIpc) is 2.90. The second-order valence-electron chi connectivity index (χ2n) is 3.99. The fourth-order valence-electron chi connectivity index (χ4n) is 1.58. The molecule has 6 nitrogen and oxygen atoms in total. The molecule has 6 heteroatoms. The van der Waals surface area contributed by atoms with E-state index in [-0.39, 0.29) is 11.9 Å². The summed E-state index contributed by atoms with van der Waals surface area (Å²) in [7, 11) is 1.81. The van der Waals surface area contributed by atoms with E-state index in [0.717, 1.165) is 11.3 Å². The minimum atomic E-state index is -0.121. The van der Waals surface area contributed by atoms with Gasteiger partial charge in [-0.05, 0) is 13.8 Å². The Morgan fingerprint density at radius 2 is 2.29 bits per heavy atom. The van der Waals surface area contributed by atoms with Crippen LogP contribution in [0.4, 0.5) is 0 Å². The first-order valence-corrected chi connectivity index (χ1v) is 5.37. The lowest BCUT2D eigenvalue weighted by atomic mass is 10.1. The third-order valence-electron chi connectivity index (χ3n) is 2.85. The lowest BCUT2D eigenvalue weighted by Gasteiger charge is -2.11. The third kappa shape index (κ3) is 2.20. The first-order valence-electron chi connectivity index (χ1n) is 5.37. The highest BCUT2D eigenvalue weighted by atomic mass is 16.1. The summed E-state index contributed by atoms with van der Waals surface area (Å²) in [4.78, 5) is 12.0. The highest BCUT2D eigenvalue weighted by Gasteiger charge is 2.16. The largest absolute Gasteiger partial charge is 0.345 e. The molecule has 1 atom stereocenters. The number of aromatic amines is 1. The molecular formula is C11H15N5O. The van der Waals surface area contributed by atoms with E-state index >= 15 is 0 Å². The number of carbonyl (C=O) groups is 1. The first kappa shape index (κ1) is 11.4. The van der Waals surface area contributed by atoms with Gasteiger partial charge in [-0.1, -0.05) is 0 Å². The number of rotatable bonds is 3. The zero-order valence-corrected chi connectivity index (χ0v) is 10.1. The Labute approximate surface area is 99.0 Å². The second-order valence-corrected chi connectivity index (χ2v) is 3.99. The average molecular weight is 233 g/mol. The maximum Gasteiger partial charge on any atom is 0.255 e. The van der Waals surface area contributed by atoms with Crippen molar-refractivity contribution in [3.05, 3.63) is 35.4 Å². The second kappa shape index (κ2) is 4.40. The molecule has 17 heavy (non-hydrogen) atoms. The van der Waals surface area contributed by atoms with Crippen LogP contribution in [0.15, 0.2) is 18.6 Å². The predicted octanol–water partition coefficient (Wildman–Crippen LogP) is 0.943. The SMILES string of the molecule is Cc1c(C(=O)NC(C)c2cn[nH]c2)cnn1C. The summed E-state index contributed by atoms with van der Waals surface area (Å²) in [5.74, 6) is -0.121. The van der Waals surface area contributed by atoms with Gasteiger partial charge in [0.05, 0.1) is 24.0 Å². The van der Waals surface area contributed by atoms with Crippen molar-refractivity contribution in [2.45, 2.75) is 19.9 Å². The van der Waals surface area contributed by atoms with E-state index in [9.17, 15) is 4.79 Å². The van der Waals surface area contributed by atoms with Crippen LogP contribution in [0.3, 0.4) is 0 Å². The number of aryl methyl sites for hydroxylation is 1. The van der Waals surface area contributed by atoms with Gasteiger partial charge in [0.1, 0.15) is 0 Å². The van der Waals surface area contributed by atoms with Gasteiger partial charge in [0.2, 0.25) is 0 Å². The summed E-state index contributed by atoms with van der Waals surface area (Å²) in [6.07, 6.45) is 5.04. The number of H-pyrrole nitrogens is 1. The number of amides is 1. The molecule has 0 radical (unpaired) electrons. The Balaban J connectivity index is 2.10. The van der Waals surface area contributed by atoms with Gasteiger partial charge in [-0.2, -0.15) is 10.2 Å². The summed E-state index contributed by atoms with van der Waals surface area (Å²) in [5, 5.41) is 13.5. The molecule has 0 bridgehead atoms. The van der Waals surface area contributed by atoms with Gasteiger partial charge in [-0.25, -0.2) is 0 Å². The van der Waals surface area contributed by atoms with Crippen molar-refractivity contribution in [3.8, 4) is 0 Å². The number of nitrogens with zero attached hydrogens (tertiary/aromatic N) is 3. The number of nitrogens with one attached hydrogen (secondary N) is 2. The first-order chi connectivity index (χ1) is 8.09. The zero-order valence-electron chi connectivity index (χ0n) is 10.1. The fraction of sp³-hybridized carbons (Fsp3) is 0.364. The number of hydrogen-bond acceptors (Lipinski definition) is 3. The van der Waals surface area contributed by atoms with Gasteiger partial charge in [-0.3, -0.25) is 14.6 Å². The van der Waals surface area contributed by atoms with Crippen LogP contribution in [0.1, 0.15) is 34.6 Å². The Bertz CT molecular complexity index is 514. The number of aromatic nitrogens is 4. The molecule has 1 unspecified atom stereocenters. The predicted molar refractivity (Wildman–Crippen MR) is 62.4 cm³/mol. The molecule has 0 aliphatic carbocycles. The van der Waals surface area contributed by atoms with E-state index in [1.54, 1.807) is 23.3 Å². The van der Waals surface area contributed by atoms with Crippen molar-refractivity contribution in [1.29, 1.82) is 0 Å². The monoisotopic (exact) mass is 233 g/mol. The lowest BCUT2D eigenvalue weighted by Crippen LogP contribution is -2.26. The fourth-order valence-corrected chi connectivity index (χ4v) is 1.58. The van der Waals surface area contributed by atoms with E-state index in [1.165, 1.54) is 0 Å². The maximum absolute atomic E-state index is 12.0. The molecule has 90 valence electrons. The minimum absolute atomic E-state index is 0.0825. The Morgan fingerprint density at radius 3 is 2.82 bits per heavy atom. The van der Waals surface area contributed by atoms with Gasteiger partial charge in [-0.15, -0.1) is 0 Å². The molecule has 0 saturated heterocycles. The van der Waals surface area contributed by atoms with Crippen LogP contribution in [0.25, 0.3) is 0 Å². The highest BCUT2D eigenvalue weighted by molar-refractivity contribution is 5.95. The van der Waals surface area contributed by atoms with Crippen LogP contribution >= 0.6 is 0 Å². The van der Waals surface area contributed by atoms with Gasteiger partial charge < -0.3 is 5.32 Å². The smallest absolute Gasteiger partial charge is 0.255 e. The standard InChI is InChI=1S/C11H15N5O/c1-7(9-4-12-13-5-9)15-11(17)10-6-14-16(3)8(10)2/h4-7H,1-3H3,(H,12,13)(H,15,17). The van der Waals surface area contributed by atoms with E-state index in [1.807, 2.05) is 20.9 Å². The van der Waals surface area contributed by atoms with E-state index < -0.39 is 0 Å². The number of carbonyl (C=O) groups excluding carboxylic acids is 1. The summed E-state index contributed by atoms with van der Waals surface area (Å²) in [5.41, 5.74) is 2.39. The molecule has 0 fully saturated rings. The van der Waals surface area contributed by atoms with Gasteiger partial charge in [0.25, 0.3) is 5.91 Å². The summed E-state index contributed by atoms with van der Waals surface area (Å²) in [6.45, 7) is 3.78. The zero-order chi connectivity index (χ0) is 12.4. The number of hydrogen-bond donors (Lipinski definition) is 2. The molecule has 2 aromatic heterocycles.